The Balaban J connectivity index is 2.58. The summed E-state index contributed by atoms with van der Waals surface area (Å²) in [6.07, 6.45) is 3.04. The van der Waals surface area contributed by atoms with E-state index in [-0.39, 0.29) is 5.75 Å². The van der Waals surface area contributed by atoms with Crippen LogP contribution in [0.3, 0.4) is 0 Å². The molecular formula is C9H12N2O3S. The van der Waals surface area contributed by atoms with Gasteiger partial charge in [0.1, 0.15) is 5.75 Å². The van der Waals surface area contributed by atoms with E-state index in [4.69, 9.17) is 0 Å². The Kier molecular flexibility index (Phi) is 3.79. The molecule has 0 saturated heterocycles. The van der Waals surface area contributed by atoms with Crippen LogP contribution in [-0.4, -0.2) is 30.8 Å². The standard InChI is InChI=1S/C9H12N2O3S/c1-2-15(13,14)7-9(12)11-8-3-5-10-6-4-8/h3-6H,2,7H2,1H3,(H,10,11,12). The van der Waals surface area contributed by atoms with E-state index in [1.807, 2.05) is 0 Å². The molecule has 1 heterocycles. The van der Waals surface area contributed by atoms with Crippen molar-refractivity contribution in [3.8, 4) is 0 Å². The van der Waals surface area contributed by atoms with Gasteiger partial charge in [-0.25, -0.2) is 8.42 Å². The average Bonchev–Trinajstić information content (AvgIpc) is 2.18. The molecular weight excluding hydrogens is 216 g/mol. The molecule has 1 aromatic rings. The van der Waals surface area contributed by atoms with Crippen LogP contribution in [0.15, 0.2) is 24.5 Å². The number of aromatic nitrogens is 1. The summed E-state index contributed by atoms with van der Waals surface area (Å²) in [7, 11) is -3.27. The minimum Gasteiger partial charge on any atom is -0.325 e. The van der Waals surface area contributed by atoms with E-state index >= 15 is 0 Å². The summed E-state index contributed by atoms with van der Waals surface area (Å²) in [5, 5.41) is 2.47. The molecule has 0 atom stereocenters. The van der Waals surface area contributed by atoms with Crippen LogP contribution in [0.4, 0.5) is 5.69 Å². The third-order valence-electron chi connectivity index (χ3n) is 1.75. The normalized spacial score (nSPS) is 11.0. The molecule has 82 valence electrons. The van der Waals surface area contributed by atoms with Crippen molar-refractivity contribution in [1.82, 2.24) is 4.98 Å². The predicted octanol–water partition coefficient (Wildman–Crippen LogP) is 0.455. The molecule has 0 fully saturated rings. The van der Waals surface area contributed by atoms with Crippen molar-refractivity contribution in [3.63, 3.8) is 0 Å². The van der Waals surface area contributed by atoms with Gasteiger partial charge in [-0.1, -0.05) is 6.92 Å². The van der Waals surface area contributed by atoms with Crippen molar-refractivity contribution in [2.45, 2.75) is 6.92 Å². The number of hydrogen-bond donors (Lipinski definition) is 1. The van der Waals surface area contributed by atoms with Crippen molar-refractivity contribution in [1.29, 1.82) is 0 Å². The Labute approximate surface area is 88.4 Å². The number of carbonyl (C=O) groups is 1. The summed E-state index contributed by atoms with van der Waals surface area (Å²) in [4.78, 5) is 15.1. The van der Waals surface area contributed by atoms with Crippen molar-refractivity contribution in [3.05, 3.63) is 24.5 Å². The maximum atomic E-state index is 11.3. The number of sulfone groups is 1. The smallest absolute Gasteiger partial charge is 0.239 e. The molecule has 1 N–H and O–H groups in total. The van der Waals surface area contributed by atoms with Gasteiger partial charge < -0.3 is 5.32 Å². The Hall–Kier alpha value is -1.43. The fourth-order valence-corrected chi connectivity index (χ4v) is 1.61. The summed E-state index contributed by atoms with van der Waals surface area (Å²) in [6, 6.07) is 3.19. The zero-order chi connectivity index (χ0) is 11.3. The Morgan fingerprint density at radius 2 is 2.00 bits per heavy atom. The molecule has 0 saturated carbocycles. The highest BCUT2D eigenvalue weighted by atomic mass is 32.2. The molecule has 0 unspecified atom stereocenters. The summed E-state index contributed by atoms with van der Waals surface area (Å²) < 4.78 is 22.3. The number of pyridine rings is 1. The van der Waals surface area contributed by atoms with E-state index in [2.05, 4.69) is 10.3 Å². The summed E-state index contributed by atoms with van der Waals surface area (Å²) >= 11 is 0. The van der Waals surface area contributed by atoms with Crippen LogP contribution in [0.1, 0.15) is 6.92 Å². The number of carbonyl (C=O) groups excluding carboxylic acids is 1. The third-order valence-corrected chi connectivity index (χ3v) is 3.34. The molecule has 0 bridgehead atoms. The predicted molar refractivity (Wildman–Crippen MR) is 57.2 cm³/mol. The Morgan fingerprint density at radius 1 is 1.40 bits per heavy atom. The van der Waals surface area contributed by atoms with Gasteiger partial charge in [-0.2, -0.15) is 0 Å². The highest BCUT2D eigenvalue weighted by Crippen LogP contribution is 2.03. The van der Waals surface area contributed by atoms with Crippen LogP contribution in [0, 0.1) is 0 Å². The van der Waals surface area contributed by atoms with E-state index in [1.165, 1.54) is 19.3 Å². The topological polar surface area (TPSA) is 76.1 Å². The quantitative estimate of drug-likeness (QED) is 0.812. The molecule has 1 rings (SSSR count). The largest absolute Gasteiger partial charge is 0.325 e. The second-order valence-electron chi connectivity index (χ2n) is 2.96. The molecule has 0 aliphatic heterocycles. The fourth-order valence-electron chi connectivity index (χ4n) is 0.934. The lowest BCUT2D eigenvalue weighted by molar-refractivity contribution is -0.113. The van der Waals surface area contributed by atoms with Gasteiger partial charge in [-0.15, -0.1) is 0 Å². The maximum Gasteiger partial charge on any atom is 0.239 e. The van der Waals surface area contributed by atoms with Gasteiger partial charge in [0.25, 0.3) is 0 Å². The third kappa shape index (κ3) is 4.07. The minimum atomic E-state index is -3.27. The zero-order valence-corrected chi connectivity index (χ0v) is 9.12. The number of amides is 1. The molecule has 0 radical (unpaired) electrons. The van der Waals surface area contributed by atoms with Crippen LogP contribution in [0.5, 0.6) is 0 Å². The molecule has 0 aliphatic carbocycles. The van der Waals surface area contributed by atoms with E-state index < -0.39 is 21.5 Å². The monoisotopic (exact) mass is 228 g/mol. The van der Waals surface area contributed by atoms with Crippen LogP contribution < -0.4 is 5.32 Å². The van der Waals surface area contributed by atoms with Crippen molar-refractivity contribution in [2.24, 2.45) is 0 Å². The average molecular weight is 228 g/mol. The van der Waals surface area contributed by atoms with E-state index in [1.54, 1.807) is 12.1 Å². The molecule has 15 heavy (non-hydrogen) atoms. The van der Waals surface area contributed by atoms with Crippen LogP contribution in [-0.2, 0) is 14.6 Å². The molecule has 1 aromatic heterocycles. The van der Waals surface area contributed by atoms with E-state index in [0.29, 0.717) is 5.69 Å². The number of rotatable bonds is 4. The molecule has 1 amide bonds. The summed E-state index contributed by atoms with van der Waals surface area (Å²) in [5.41, 5.74) is 0.543. The number of nitrogens with zero attached hydrogens (tertiary/aromatic N) is 1. The van der Waals surface area contributed by atoms with Gasteiger partial charge in [0.15, 0.2) is 9.84 Å². The Bertz CT molecular complexity index is 428. The molecule has 6 heteroatoms. The van der Waals surface area contributed by atoms with Crippen molar-refractivity contribution in [2.75, 3.05) is 16.8 Å². The van der Waals surface area contributed by atoms with Crippen LogP contribution in [0.2, 0.25) is 0 Å². The molecule has 0 spiro atoms. The lowest BCUT2D eigenvalue weighted by Gasteiger charge is -2.04. The molecule has 5 nitrogen and oxygen atoms in total. The minimum absolute atomic E-state index is 0.0310. The first kappa shape index (κ1) is 11.6. The SMILES string of the molecule is CCS(=O)(=O)CC(=O)Nc1ccncc1. The van der Waals surface area contributed by atoms with E-state index in [9.17, 15) is 13.2 Å². The summed E-state index contributed by atoms with van der Waals surface area (Å²) in [5.74, 6) is -1.04. The lowest BCUT2D eigenvalue weighted by Crippen LogP contribution is -2.23. The zero-order valence-electron chi connectivity index (χ0n) is 8.30. The van der Waals surface area contributed by atoms with Crippen LogP contribution >= 0.6 is 0 Å². The van der Waals surface area contributed by atoms with Gasteiger partial charge in [0.05, 0.1) is 0 Å². The number of hydrogen-bond acceptors (Lipinski definition) is 4. The van der Waals surface area contributed by atoms with Crippen LogP contribution in [0.25, 0.3) is 0 Å². The second-order valence-corrected chi connectivity index (χ2v) is 5.31. The first-order chi connectivity index (χ1) is 7.03. The number of anilines is 1. The lowest BCUT2D eigenvalue weighted by atomic mass is 10.4. The Morgan fingerprint density at radius 3 is 2.53 bits per heavy atom. The molecule has 0 aliphatic rings. The highest BCUT2D eigenvalue weighted by molar-refractivity contribution is 7.92. The summed E-state index contributed by atoms with van der Waals surface area (Å²) in [6.45, 7) is 1.51. The molecule has 0 aromatic carbocycles. The van der Waals surface area contributed by atoms with E-state index in [0.717, 1.165) is 0 Å². The van der Waals surface area contributed by atoms with Gasteiger partial charge in [-0.05, 0) is 12.1 Å². The fraction of sp³-hybridized carbons (Fsp3) is 0.333. The first-order valence-corrected chi connectivity index (χ1v) is 6.26. The second kappa shape index (κ2) is 4.88. The first-order valence-electron chi connectivity index (χ1n) is 4.44. The van der Waals surface area contributed by atoms with Crippen molar-refractivity contribution < 1.29 is 13.2 Å². The number of nitrogens with one attached hydrogen (secondary N) is 1. The van der Waals surface area contributed by atoms with Gasteiger partial charge in [-0.3, -0.25) is 9.78 Å². The highest BCUT2D eigenvalue weighted by Gasteiger charge is 2.13. The van der Waals surface area contributed by atoms with Gasteiger partial charge >= 0.3 is 0 Å². The van der Waals surface area contributed by atoms with Crippen molar-refractivity contribution >= 4 is 21.4 Å². The van der Waals surface area contributed by atoms with Gasteiger partial charge in [0, 0.05) is 23.8 Å². The van der Waals surface area contributed by atoms with Gasteiger partial charge in [0.2, 0.25) is 5.91 Å². The maximum absolute atomic E-state index is 11.3.